The second-order valence-corrected chi connectivity index (χ2v) is 11.0. The van der Waals surface area contributed by atoms with E-state index >= 15 is 0 Å². The second kappa shape index (κ2) is 9.15. The zero-order chi connectivity index (χ0) is 25.8. The van der Waals surface area contributed by atoms with E-state index in [9.17, 15) is 4.79 Å². The molecule has 1 atom stereocenters. The van der Waals surface area contributed by atoms with Gasteiger partial charge in [0.2, 0.25) is 11.8 Å². The van der Waals surface area contributed by atoms with Crippen LogP contribution in [0.2, 0.25) is 0 Å². The Labute approximate surface area is 222 Å². The molecule has 4 heterocycles. The molecule has 2 fully saturated rings. The van der Waals surface area contributed by atoms with Gasteiger partial charge in [0.1, 0.15) is 0 Å². The van der Waals surface area contributed by atoms with Crippen molar-refractivity contribution >= 4 is 28.9 Å². The monoisotopic (exact) mass is 511 g/mol. The number of hydrogen-bond donors (Lipinski definition) is 2. The summed E-state index contributed by atoms with van der Waals surface area (Å²) in [7, 11) is 1.87. The number of nitrogens with zero attached hydrogens (tertiary/aromatic N) is 5. The predicted octanol–water partition coefficient (Wildman–Crippen LogP) is 5.13. The van der Waals surface area contributed by atoms with E-state index in [2.05, 4.69) is 48.8 Å². The van der Waals surface area contributed by atoms with E-state index in [0.29, 0.717) is 41.7 Å². The fraction of sp³-hybridized carbons (Fsp3) is 0.448. The van der Waals surface area contributed by atoms with Crippen molar-refractivity contribution in [2.24, 2.45) is 18.0 Å². The van der Waals surface area contributed by atoms with Crippen LogP contribution in [-0.2, 0) is 7.05 Å². The van der Waals surface area contributed by atoms with Gasteiger partial charge in [-0.25, -0.2) is 4.68 Å². The summed E-state index contributed by atoms with van der Waals surface area (Å²) in [5.74, 6) is 1.57. The van der Waals surface area contributed by atoms with Gasteiger partial charge >= 0.3 is 0 Å². The average molecular weight is 512 g/mol. The number of pyridine rings is 1. The Kier molecular flexibility index (Phi) is 5.60. The number of carbonyl (C=O) groups excluding carboxylic acids is 1. The number of fused-ring (bicyclic) bond motifs is 7. The van der Waals surface area contributed by atoms with Gasteiger partial charge in [-0.3, -0.25) is 9.78 Å². The quantitative estimate of drug-likeness (QED) is 0.503. The van der Waals surface area contributed by atoms with Crippen molar-refractivity contribution in [1.82, 2.24) is 14.8 Å². The van der Waals surface area contributed by atoms with Crippen molar-refractivity contribution in [2.75, 3.05) is 22.1 Å². The second-order valence-electron chi connectivity index (χ2n) is 11.0. The predicted molar refractivity (Wildman–Crippen MR) is 148 cm³/mol. The van der Waals surface area contributed by atoms with Gasteiger partial charge in [0.25, 0.3) is 5.91 Å². The summed E-state index contributed by atoms with van der Waals surface area (Å²) in [6.07, 6.45) is 9.69. The molecule has 1 unspecified atom stereocenters. The van der Waals surface area contributed by atoms with Gasteiger partial charge in [-0.1, -0.05) is 0 Å². The third-order valence-electron chi connectivity index (χ3n) is 8.16. The molecule has 38 heavy (non-hydrogen) atoms. The first-order valence-corrected chi connectivity index (χ1v) is 13.8. The Morgan fingerprint density at radius 2 is 1.95 bits per heavy atom. The number of nitrogens with one attached hydrogen (secondary N) is 2. The Morgan fingerprint density at radius 3 is 2.74 bits per heavy atom. The minimum Gasteiger partial charge on any atom is -0.477 e. The molecule has 0 saturated heterocycles. The standard InChI is InChI=1S/C29H33N7O2/c1-17-13-19-14-23(31-17)22-16-30-35(2)28(22)38-12-4-7-25(18-8-9-18)36-26-11-10-21(32-20-5-3-6-20)15-24(26)33-29(36)34-27(19)37/h10-11,13-16,18,20,25,32H,3-9,12H2,1-2H3,(H,33,34,37). The molecule has 2 aromatic heterocycles. The minimum absolute atomic E-state index is 0.244. The summed E-state index contributed by atoms with van der Waals surface area (Å²) in [6, 6.07) is 10.9. The molecule has 1 aromatic carbocycles. The number of guanidine groups is 1. The first kappa shape index (κ1) is 23.3. The van der Waals surface area contributed by atoms with Gasteiger partial charge < -0.3 is 20.3 Å². The lowest BCUT2D eigenvalue weighted by Crippen LogP contribution is -2.42. The van der Waals surface area contributed by atoms with Crippen molar-refractivity contribution in [2.45, 2.75) is 64.0 Å². The molecule has 4 aliphatic rings. The molecule has 196 valence electrons. The molecule has 9 nitrogen and oxygen atoms in total. The Bertz CT molecular complexity index is 1440. The summed E-state index contributed by atoms with van der Waals surface area (Å²) >= 11 is 0. The number of hydrogen-bond acceptors (Lipinski definition) is 7. The molecule has 2 saturated carbocycles. The molecule has 1 amide bonds. The highest BCUT2D eigenvalue weighted by Crippen LogP contribution is 2.45. The van der Waals surface area contributed by atoms with Crippen LogP contribution in [0, 0.1) is 12.8 Å². The third-order valence-corrected chi connectivity index (χ3v) is 8.16. The van der Waals surface area contributed by atoms with Gasteiger partial charge in [-0.2, -0.15) is 10.1 Å². The summed E-state index contributed by atoms with van der Waals surface area (Å²) in [5.41, 5.74) is 5.88. The maximum Gasteiger partial charge on any atom is 0.280 e. The van der Waals surface area contributed by atoms with Crippen LogP contribution in [0.5, 0.6) is 5.88 Å². The van der Waals surface area contributed by atoms with E-state index in [1.54, 1.807) is 23.0 Å². The zero-order valence-corrected chi connectivity index (χ0v) is 21.9. The highest BCUT2D eigenvalue weighted by molar-refractivity contribution is 6.19. The van der Waals surface area contributed by atoms with E-state index in [1.165, 1.54) is 32.1 Å². The molecular formula is C29H33N7O2. The normalized spacial score (nSPS) is 22.6. The van der Waals surface area contributed by atoms with Crippen molar-refractivity contribution in [1.29, 1.82) is 0 Å². The Balaban J connectivity index is 1.30. The van der Waals surface area contributed by atoms with Crippen molar-refractivity contribution < 1.29 is 9.53 Å². The first-order valence-electron chi connectivity index (χ1n) is 13.8. The van der Waals surface area contributed by atoms with E-state index in [4.69, 9.17) is 4.74 Å². The molecule has 7 rings (SSSR count). The van der Waals surface area contributed by atoms with Gasteiger partial charge in [-0.15, -0.1) is 0 Å². The number of benzene rings is 1. The highest BCUT2D eigenvalue weighted by Gasteiger charge is 2.41. The van der Waals surface area contributed by atoms with Crippen LogP contribution in [0.1, 0.15) is 61.0 Å². The van der Waals surface area contributed by atoms with Gasteiger partial charge in [0.05, 0.1) is 35.4 Å². The van der Waals surface area contributed by atoms with Crippen LogP contribution in [0.4, 0.5) is 17.1 Å². The molecule has 2 aliphatic carbocycles. The number of aryl methyl sites for hydroxylation is 2. The lowest BCUT2D eigenvalue weighted by molar-refractivity contribution is 0.100. The molecule has 0 radical (unpaired) electrons. The molecular weight excluding hydrogens is 478 g/mol. The molecule has 3 aromatic rings. The Morgan fingerprint density at radius 1 is 1.08 bits per heavy atom. The summed E-state index contributed by atoms with van der Waals surface area (Å²) in [4.78, 5) is 25.3. The highest BCUT2D eigenvalue weighted by atomic mass is 16.5. The SMILES string of the molecule is Cc1cc2cc(n1)-c1cnn(C)c1OCCCC(C1CC1)N1/C(=N/C2=O)Nc2cc(NC3CCC3)ccc21. The molecule has 9 heteroatoms. The summed E-state index contributed by atoms with van der Waals surface area (Å²) in [5, 5.41) is 11.6. The largest absolute Gasteiger partial charge is 0.477 e. The van der Waals surface area contributed by atoms with E-state index in [-0.39, 0.29) is 11.9 Å². The van der Waals surface area contributed by atoms with Crippen LogP contribution in [0.25, 0.3) is 11.3 Å². The average Bonchev–Trinajstić information content (AvgIpc) is 3.56. The minimum atomic E-state index is -0.289. The van der Waals surface area contributed by atoms with Gasteiger partial charge in [-0.05, 0) is 88.1 Å². The van der Waals surface area contributed by atoms with Crippen LogP contribution < -0.4 is 20.3 Å². The topological polar surface area (TPSA) is 96.7 Å². The smallest absolute Gasteiger partial charge is 0.280 e. The molecule has 2 N–H and O–H groups in total. The number of rotatable bonds is 3. The molecule has 0 spiro atoms. The fourth-order valence-corrected chi connectivity index (χ4v) is 5.82. The third kappa shape index (κ3) is 4.19. The molecule has 2 bridgehead atoms. The van der Waals surface area contributed by atoms with Crippen LogP contribution in [0.15, 0.2) is 41.5 Å². The maximum absolute atomic E-state index is 13.6. The maximum atomic E-state index is 13.6. The first-order chi connectivity index (χ1) is 18.5. The fourth-order valence-electron chi connectivity index (χ4n) is 5.82. The van der Waals surface area contributed by atoms with Crippen LogP contribution in [0.3, 0.4) is 0 Å². The summed E-state index contributed by atoms with van der Waals surface area (Å²) in [6.45, 7) is 2.47. The number of amides is 1. The van der Waals surface area contributed by atoms with E-state index in [0.717, 1.165) is 41.2 Å². The van der Waals surface area contributed by atoms with Crippen LogP contribution >= 0.6 is 0 Å². The number of anilines is 3. The zero-order valence-electron chi connectivity index (χ0n) is 21.9. The van der Waals surface area contributed by atoms with E-state index < -0.39 is 0 Å². The van der Waals surface area contributed by atoms with E-state index in [1.807, 2.05) is 14.0 Å². The van der Waals surface area contributed by atoms with Crippen LogP contribution in [-0.4, -0.2) is 45.3 Å². The van der Waals surface area contributed by atoms with Crippen molar-refractivity contribution in [3.63, 3.8) is 0 Å². The lowest BCUT2D eigenvalue weighted by Gasteiger charge is -2.30. The van der Waals surface area contributed by atoms with Gasteiger partial charge in [0.15, 0.2) is 0 Å². The lowest BCUT2D eigenvalue weighted by atomic mass is 9.93. The number of ether oxygens (including phenoxy) is 1. The summed E-state index contributed by atoms with van der Waals surface area (Å²) < 4.78 is 8.00. The number of aromatic nitrogens is 3. The van der Waals surface area contributed by atoms with Crippen molar-refractivity contribution in [3.8, 4) is 17.1 Å². The number of aliphatic imine (C=N–C) groups is 1. The molecule has 2 aliphatic heterocycles. The number of carbonyl (C=O) groups is 1. The van der Waals surface area contributed by atoms with Gasteiger partial charge in [0, 0.05) is 36.1 Å². The Hall–Kier alpha value is -3.88. The van der Waals surface area contributed by atoms with Crippen molar-refractivity contribution in [3.05, 3.63) is 47.8 Å².